The number of ether oxygens (including phenoxy) is 2. The van der Waals surface area contributed by atoms with Gasteiger partial charge in [0, 0.05) is 12.1 Å². The molecule has 1 aromatic heterocycles. The van der Waals surface area contributed by atoms with Crippen molar-refractivity contribution in [3.63, 3.8) is 0 Å². The molecule has 0 aliphatic rings. The third kappa shape index (κ3) is 4.96. The molecule has 0 unspecified atom stereocenters. The van der Waals surface area contributed by atoms with E-state index < -0.39 is 0 Å². The van der Waals surface area contributed by atoms with Crippen molar-refractivity contribution in [2.45, 2.75) is 53.1 Å². The quantitative estimate of drug-likeness (QED) is 0.869. The Balaban J connectivity index is 2.84. The number of hydrogen-bond donors (Lipinski definition) is 1. The molecule has 0 saturated carbocycles. The molecule has 1 rings (SSSR count). The Morgan fingerprint density at radius 2 is 1.50 bits per heavy atom. The zero-order valence-corrected chi connectivity index (χ0v) is 13.7. The summed E-state index contributed by atoms with van der Waals surface area (Å²) in [5.41, 5.74) is 1.11. The third-order valence-electron chi connectivity index (χ3n) is 2.97. The SMILES string of the molecule is COc1ncnc(OC)c1CNC(C)(C)CC(C)(C)C. The van der Waals surface area contributed by atoms with E-state index in [0.717, 1.165) is 12.0 Å². The Kier molecular flexibility index (Phi) is 5.34. The number of nitrogens with zero attached hydrogens (tertiary/aromatic N) is 2. The lowest BCUT2D eigenvalue weighted by atomic mass is 9.82. The Morgan fingerprint density at radius 1 is 1.00 bits per heavy atom. The molecule has 1 heterocycles. The van der Waals surface area contributed by atoms with Crippen molar-refractivity contribution in [2.75, 3.05) is 14.2 Å². The second kappa shape index (κ2) is 6.39. The van der Waals surface area contributed by atoms with Crippen LogP contribution in [0.25, 0.3) is 0 Å². The van der Waals surface area contributed by atoms with Crippen LogP contribution in [-0.4, -0.2) is 29.7 Å². The molecule has 0 aliphatic carbocycles. The van der Waals surface area contributed by atoms with E-state index in [1.165, 1.54) is 6.33 Å². The molecule has 5 nitrogen and oxygen atoms in total. The van der Waals surface area contributed by atoms with E-state index in [2.05, 4.69) is 49.9 Å². The smallest absolute Gasteiger partial charge is 0.224 e. The number of nitrogens with one attached hydrogen (secondary N) is 1. The summed E-state index contributed by atoms with van der Waals surface area (Å²) in [7, 11) is 3.21. The van der Waals surface area contributed by atoms with Gasteiger partial charge in [0.1, 0.15) is 6.33 Å². The maximum Gasteiger partial charge on any atom is 0.224 e. The van der Waals surface area contributed by atoms with Crippen LogP contribution in [0.15, 0.2) is 6.33 Å². The summed E-state index contributed by atoms with van der Waals surface area (Å²) >= 11 is 0. The molecule has 0 atom stereocenters. The van der Waals surface area contributed by atoms with Crippen LogP contribution in [0.2, 0.25) is 0 Å². The molecule has 0 fully saturated rings. The Hall–Kier alpha value is -1.36. The Morgan fingerprint density at radius 3 is 1.90 bits per heavy atom. The molecule has 0 spiro atoms. The van der Waals surface area contributed by atoms with Crippen LogP contribution < -0.4 is 14.8 Å². The second-order valence-electron chi connectivity index (χ2n) is 6.85. The normalized spacial score (nSPS) is 12.3. The molecule has 0 saturated heterocycles. The van der Waals surface area contributed by atoms with Gasteiger partial charge in [-0.15, -0.1) is 0 Å². The lowest BCUT2D eigenvalue weighted by Crippen LogP contribution is -2.42. The van der Waals surface area contributed by atoms with Crippen LogP contribution >= 0.6 is 0 Å². The highest BCUT2D eigenvalue weighted by molar-refractivity contribution is 5.34. The van der Waals surface area contributed by atoms with Crippen molar-refractivity contribution in [1.82, 2.24) is 15.3 Å². The average molecular weight is 281 g/mol. The molecule has 114 valence electrons. The molecule has 0 aromatic carbocycles. The van der Waals surface area contributed by atoms with Crippen molar-refractivity contribution in [1.29, 1.82) is 0 Å². The van der Waals surface area contributed by atoms with Crippen molar-refractivity contribution >= 4 is 0 Å². The molecule has 1 aromatic rings. The maximum atomic E-state index is 5.28. The molecular formula is C15H27N3O2. The minimum absolute atomic E-state index is 0.00408. The number of aromatic nitrogens is 2. The predicted molar refractivity (Wildman–Crippen MR) is 80.1 cm³/mol. The lowest BCUT2D eigenvalue weighted by Gasteiger charge is -2.33. The van der Waals surface area contributed by atoms with Gasteiger partial charge in [-0.2, -0.15) is 0 Å². The molecule has 20 heavy (non-hydrogen) atoms. The Labute approximate surface area is 122 Å². The molecule has 1 N–H and O–H groups in total. The van der Waals surface area contributed by atoms with Gasteiger partial charge in [-0.3, -0.25) is 0 Å². The number of rotatable bonds is 6. The minimum atomic E-state index is 0.00408. The predicted octanol–water partition coefficient (Wildman–Crippen LogP) is 2.80. The highest BCUT2D eigenvalue weighted by Crippen LogP contribution is 2.29. The van der Waals surface area contributed by atoms with Gasteiger partial charge in [0.2, 0.25) is 11.8 Å². The topological polar surface area (TPSA) is 56.3 Å². The van der Waals surface area contributed by atoms with Gasteiger partial charge in [0.15, 0.2) is 0 Å². The van der Waals surface area contributed by atoms with Gasteiger partial charge >= 0.3 is 0 Å². The summed E-state index contributed by atoms with van der Waals surface area (Å²) in [6.07, 6.45) is 2.50. The average Bonchev–Trinajstić information content (AvgIpc) is 2.33. The fourth-order valence-corrected chi connectivity index (χ4v) is 2.60. The van der Waals surface area contributed by atoms with E-state index >= 15 is 0 Å². The van der Waals surface area contributed by atoms with Gasteiger partial charge in [-0.05, 0) is 25.7 Å². The first kappa shape index (κ1) is 16.7. The van der Waals surface area contributed by atoms with Gasteiger partial charge in [-0.1, -0.05) is 20.8 Å². The first-order valence-corrected chi connectivity index (χ1v) is 6.85. The van der Waals surface area contributed by atoms with E-state index in [1.807, 2.05) is 0 Å². The standard InChI is InChI=1S/C15H27N3O2/c1-14(2,3)9-15(4,5)18-8-11-12(19-6)16-10-17-13(11)20-7/h10,18H,8-9H2,1-7H3. The lowest BCUT2D eigenvalue weighted by molar-refractivity contribution is 0.238. The summed E-state index contributed by atoms with van der Waals surface area (Å²) in [5.74, 6) is 1.10. The first-order valence-electron chi connectivity index (χ1n) is 6.85. The van der Waals surface area contributed by atoms with Crippen LogP contribution in [0.3, 0.4) is 0 Å². The van der Waals surface area contributed by atoms with Crippen molar-refractivity contribution in [3.8, 4) is 11.8 Å². The van der Waals surface area contributed by atoms with Gasteiger partial charge in [0.05, 0.1) is 19.8 Å². The van der Waals surface area contributed by atoms with Gasteiger partial charge in [0.25, 0.3) is 0 Å². The first-order chi connectivity index (χ1) is 9.18. The zero-order chi connectivity index (χ0) is 15.4. The summed E-state index contributed by atoms with van der Waals surface area (Å²) < 4.78 is 10.6. The molecule has 0 aliphatic heterocycles. The van der Waals surface area contributed by atoms with Crippen LogP contribution in [0.5, 0.6) is 11.8 Å². The fourth-order valence-electron chi connectivity index (χ4n) is 2.60. The van der Waals surface area contributed by atoms with Crippen molar-refractivity contribution < 1.29 is 9.47 Å². The van der Waals surface area contributed by atoms with Crippen molar-refractivity contribution in [2.24, 2.45) is 5.41 Å². The number of hydrogen-bond acceptors (Lipinski definition) is 5. The van der Waals surface area contributed by atoms with Crippen molar-refractivity contribution in [3.05, 3.63) is 11.9 Å². The molecular weight excluding hydrogens is 254 g/mol. The van der Waals surface area contributed by atoms with Gasteiger partial charge < -0.3 is 14.8 Å². The van der Waals surface area contributed by atoms with Crippen LogP contribution in [-0.2, 0) is 6.54 Å². The molecule has 0 radical (unpaired) electrons. The summed E-state index contributed by atoms with van der Waals surface area (Å²) in [4.78, 5) is 8.26. The fraction of sp³-hybridized carbons (Fsp3) is 0.733. The van der Waals surface area contributed by atoms with Gasteiger partial charge in [-0.25, -0.2) is 9.97 Å². The third-order valence-corrected chi connectivity index (χ3v) is 2.97. The summed E-state index contributed by atoms with van der Waals surface area (Å²) in [5, 5.41) is 3.54. The van der Waals surface area contributed by atoms with E-state index in [0.29, 0.717) is 18.3 Å². The highest BCUT2D eigenvalue weighted by atomic mass is 16.5. The Bertz CT molecular complexity index is 417. The second-order valence-corrected chi connectivity index (χ2v) is 6.85. The number of methoxy groups -OCH3 is 2. The molecule has 0 amide bonds. The summed E-state index contributed by atoms with van der Waals surface area (Å²) in [6, 6.07) is 0. The zero-order valence-electron chi connectivity index (χ0n) is 13.7. The monoisotopic (exact) mass is 281 g/mol. The molecule has 5 heteroatoms. The van der Waals surface area contributed by atoms with E-state index in [1.54, 1.807) is 14.2 Å². The maximum absolute atomic E-state index is 5.28. The minimum Gasteiger partial charge on any atom is -0.481 e. The molecule has 0 bridgehead atoms. The van der Waals surface area contributed by atoms with E-state index in [4.69, 9.17) is 9.47 Å². The summed E-state index contributed by atoms with van der Waals surface area (Å²) in [6.45, 7) is 11.7. The van der Waals surface area contributed by atoms with E-state index in [-0.39, 0.29) is 11.0 Å². The van der Waals surface area contributed by atoms with Crippen LogP contribution in [0.4, 0.5) is 0 Å². The van der Waals surface area contributed by atoms with Crippen LogP contribution in [0.1, 0.15) is 46.6 Å². The largest absolute Gasteiger partial charge is 0.481 e. The highest BCUT2D eigenvalue weighted by Gasteiger charge is 2.26. The van der Waals surface area contributed by atoms with E-state index in [9.17, 15) is 0 Å². The van der Waals surface area contributed by atoms with Crippen LogP contribution in [0, 0.1) is 5.41 Å².